The largest absolute Gasteiger partial charge is 0.396 e. The first-order valence-corrected chi connectivity index (χ1v) is 10.6. The number of carbonyl (C=O) groups is 2. The lowest BCUT2D eigenvalue weighted by molar-refractivity contribution is -0.125. The van der Waals surface area contributed by atoms with Crippen molar-refractivity contribution in [2.24, 2.45) is 4.99 Å². The number of aryl methyl sites for hydroxylation is 1. The van der Waals surface area contributed by atoms with Gasteiger partial charge < -0.3 is 24.3 Å². The van der Waals surface area contributed by atoms with Crippen LogP contribution in [0.3, 0.4) is 0 Å². The number of H-pyrrole nitrogens is 1. The monoisotopic (exact) mass is 458 g/mol. The maximum absolute atomic E-state index is 13.7. The summed E-state index contributed by atoms with van der Waals surface area (Å²) in [7, 11) is 0. The molecule has 0 radical (unpaired) electrons. The molecule has 33 heavy (non-hydrogen) atoms. The second kappa shape index (κ2) is 9.24. The fourth-order valence-corrected chi connectivity index (χ4v) is 3.75. The Bertz CT molecular complexity index is 1260. The van der Waals surface area contributed by atoms with Crippen molar-refractivity contribution in [1.82, 2.24) is 9.55 Å². The number of alkyl halides is 2. The molecule has 0 unspecified atom stereocenters. The van der Waals surface area contributed by atoms with E-state index in [-0.39, 0.29) is 35.9 Å². The number of nitrogens with zero attached hydrogens (tertiary/aromatic N) is 3. The fraction of sp³-hybridized carbons (Fsp3) is 0.348. The number of amides is 2. The predicted octanol–water partition coefficient (Wildman–Crippen LogP) is 2.57. The number of nitrogens with one attached hydrogen (secondary N) is 1. The highest BCUT2D eigenvalue weighted by atomic mass is 19.3. The number of hydrogen-bond acceptors (Lipinski definition) is 4. The van der Waals surface area contributed by atoms with Gasteiger partial charge in [-0.3, -0.25) is 9.59 Å². The third-order valence-electron chi connectivity index (χ3n) is 5.43. The number of imidazole rings is 1. The van der Waals surface area contributed by atoms with Gasteiger partial charge in [0.15, 0.2) is 0 Å². The first kappa shape index (κ1) is 22.8. The highest BCUT2D eigenvalue weighted by Gasteiger charge is 2.25. The molecule has 1 aliphatic heterocycles. The standard InChI is InChI=1S/C23H24F2N4O4/c1-23(24,25)16-5-2-4-15(12-16)21(32)27-22-26-18-13-17(28-9-11-33-14-20(28)31)6-7-19(18)29(22)8-3-10-30/h2,4-7,12-13,30H,3,8-11,14H2,1H3,(H,26,27,32). The summed E-state index contributed by atoms with van der Waals surface area (Å²) in [5.74, 6) is -3.90. The van der Waals surface area contributed by atoms with Crippen LogP contribution in [0.25, 0.3) is 11.0 Å². The van der Waals surface area contributed by atoms with E-state index in [0.29, 0.717) is 37.3 Å². The zero-order valence-corrected chi connectivity index (χ0v) is 18.1. The second-order valence-electron chi connectivity index (χ2n) is 7.86. The lowest BCUT2D eigenvalue weighted by atomic mass is 10.1. The SMILES string of the molecule is CC(F)(F)c1cccc(C(=O)/N=c2\[nH]c3cc(N4CCOCC4=O)ccc3n2CCCO)c1. The van der Waals surface area contributed by atoms with Crippen molar-refractivity contribution in [2.75, 3.05) is 31.3 Å². The molecule has 2 amide bonds. The lowest BCUT2D eigenvalue weighted by Gasteiger charge is -2.26. The Morgan fingerprint density at radius 3 is 2.82 bits per heavy atom. The van der Waals surface area contributed by atoms with Crippen LogP contribution in [0.2, 0.25) is 0 Å². The number of aliphatic hydroxyl groups is 1. The van der Waals surface area contributed by atoms with E-state index in [9.17, 15) is 23.5 Å². The van der Waals surface area contributed by atoms with Crippen LogP contribution >= 0.6 is 0 Å². The summed E-state index contributed by atoms with van der Waals surface area (Å²) in [5.41, 5.74) is 2.05. The van der Waals surface area contributed by atoms with E-state index in [2.05, 4.69) is 9.98 Å². The molecule has 0 spiro atoms. The van der Waals surface area contributed by atoms with E-state index in [1.807, 2.05) is 6.07 Å². The van der Waals surface area contributed by atoms with Crippen LogP contribution in [0.15, 0.2) is 47.5 Å². The number of ether oxygens (including phenoxy) is 1. The fourth-order valence-electron chi connectivity index (χ4n) is 3.75. The molecule has 0 bridgehead atoms. The maximum atomic E-state index is 13.7. The number of anilines is 1. The summed E-state index contributed by atoms with van der Waals surface area (Å²) in [6, 6.07) is 10.6. The average molecular weight is 458 g/mol. The summed E-state index contributed by atoms with van der Waals surface area (Å²) >= 11 is 0. The Hall–Kier alpha value is -3.37. The first-order valence-electron chi connectivity index (χ1n) is 10.6. The van der Waals surface area contributed by atoms with Gasteiger partial charge in [0.2, 0.25) is 5.62 Å². The molecular weight excluding hydrogens is 434 g/mol. The normalized spacial score (nSPS) is 15.5. The number of halogens is 2. The van der Waals surface area contributed by atoms with Gasteiger partial charge in [-0.1, -0.05) is 12.1 Å². The highest BCUT2D eigenvalue weighted by molar-refractivity contribution is 5.97. The molecule has 2 N–H and O–H groups in total. The average Bonchev–Trinajstić information content (AvgIpc) is 3.13. The molecule has 3 aromatic rings. The Morgan fingerprint density at radius 1 is 1.27 bits per heavy atom. The van der Waals surface area contributed by atoms with Crippen molar-refractivity contribution < 1.29 is 28.2 Å². The predicted molar refractivity (Wildman–Crippen MR) is 117 cm³/mol. The summed E-state index contributed by atoms with van der Waals surface area (Å²) in [6.07, 6.45) is 0.426. The lowest BCUT2D eigenvalue weighted by Crippen LogP contribution is -2.41. The third kappa shape index (κ3) is 4.86. The molecule has 4 rings (SSSR count). The van der Waals surface area contributed by atoms with Crippen molar-refractivity contribution in [3.05, 3.63) is 59.2 Å². The van der Waals surface area contributed by atoms with Gasteiger partial charge in [-0.15, -0.1) is 0 Å². The van der Waals surface area contributed by atoms with Gasteiger partial charge in [-0.25, -0.2) is 8.78 Å². The summed E-state index contributed by atoms with van der Waals surface area (Å²) in [6.45, 7) is 1.99. The van der Waals surface area contributed by atoms with Gasteiger partial charge in [0.05, 0.1) is 17.6 Å². The van der Waals surface area contributed by atoms with E-state index in [1.165, 1.54) is 18.2 Å². The number of carbonyl (C=O) groups excluding carboxylic acids is 2. The molecule has 2 heterocycles. The van der Waals surface area contributed by atoms with Gasteiger partial charge >= 0.3 is 0 Å². The van der Waals surface area contributed by atoms with Crippen molar-refractivity contribution in [2.45, 2.75) is 25.8 Å². The maximum Gasteiger partial charge on any atom is 0.280 e. The molecule has 174 valence electrons. The molecule has 2 aromatic carbocycles. The van der Waals surface area contributed by atoms with E-state index in [1.54, 1.807) is 21.6 Å². The van der Waals surface area contributed by atoms with E-state index in [0.717, 1.165) is 18.5 Å². The highest BCUT2D eigenvalue weighted by Crippen LogP contribution is 2.27. The van der Waals surface area contributed by atoms with Crippen molar-refractivity contribution in [3.63, 3.8) is 0 Å². The van der Waals surface area contributed by atoms with Crippen LogP contribution in [0.1, 0.15) is 29.3 Å². The molecule has 1 aliphatic rings. The molecular formula is C23H24F2N4O4. The van der Waals surface area contributed by atoms with Crippen LogP contribution in [-0.2, 0) is 22.0 Å². The number of rotatable bonds is 6. The first-order chi connectivity index (χ1) is 15.8. The van der Waals surface area contributed by atoms with Gasteiger partial charge in [0.25, 0.3) is 17.7 Å². The van der Waals surface area contributed by atoms with Crippen molar-refractivity contribution >= 4 is 28.5 Å². The Labute approximate surface area is 188 Å². The van der Waals surface area contributed by atoms with E-state index < -0.39 is 11.8 Å². The third-order valence-corrected chi connectivity index (χ3v) is 5.43. The summed E-state index contributed by atoms with van der Waals surface area (Å²) in [4.78, 5) is 33.8. The number of hydrogen-bond donors (Lipinski definition) is 2. The van der Waals surface area contributed by atoms with Crippen LogP contribution in [0.5, 0.6) is 0 Å². The Kier molecular flexibility index (Phi) is 6.39. The molecule has 8 nitrogen and oxygen atoms in total. The Morgan fingerprint density at radius 2 is 2.09 bits per heavy atom. The molecule has 1 aromatic heterocycles. The van der Waals surface area contributed by atoms with Crippen LogP contribution in [-0.4, -0.2) is 52.8 Å². The number of aromatic amines is 1. The van der Waals surface area contributed by atoms with Crippen LogP contribution in [0.4, 0.5) is 14.5 Å². The minimum Gasteiger partial charge on any atom is -0.396 e. The van der Waals surface area contributed by atoms with Crippen LogP contribution < -0.4 is 10.5 Å². The zero-order chi connectivity index (χ0) is 23.6. The molecule has 0 atom stereocenters. The van der Waals surface area contributed by atoms with Crippen molar-refractivity contribution in [3.8, 4) is 0 Å². The smallest absolute Gasteiger partial charge is 0.280 e. The summed E-state index contributed by atoms with van der Waals surface area (Å²) < 4.78 is 34.3. The zero-order valence-electron chi connectivity index (χ0n) is 18.1. The van der Waals surface area contributed by atoms with Crippen molar-refractivity contribution in [1.29, 1.82) is 0 Å². The summed E-state index contributed by atoms with van der Waals surface area (Å²) in [5, 5.41) is 9.29. The Balaban J connectivity index is 1.76. The van der Waals surface area contributed by atoms with E-state index >= 15 is 0 Å². The van der Waals surface area contributed by atoms with Crippen LogP contribution in [0, 0.1) is 0 Å². The van der Waals surface area contributed by atoms with Gasteiger partial charge in [-0.05, 0) is 36.8 Å². The number of morpholine rings is 1. The quantitative estimate of drug-likeness (QED) is 0.593. The number of fused-ring (bicyclic) bond motifs is 1. The molecule has 10 heteroatoms. The number of aromatic nitrogens is 2. The topological polar surface area (TPSA) is 99.9 Å². The van der Waals surface area contributed by atoms with E-state index in [4.69, 9.17) is 4.74 Å². The number of benzene rings is 2. The minimum atomic E-state index is -3.08. The van der Waals surface area contributed by atoms with Gasteiger partial charge in [-0.2, -0.15) is 4.99 Å². The molecule has 0 aliphatic carbocycles. The minimum absolute atomic E-state index is 0.0181. The molecule has 1 saturated heterocycles. The van der Waals surface area contributed by atoms with Gasteiger partial charge in [0.1, 0.15) is 6.61 Å². The second-order valence-corrected chi connectivity index (χ2v) is 7.86. The number of aliphatic hydroxyl groups excluding tert-OH is 1. The molecule has 0 saturated carbocycles. The van der Waals surface area contributed by atoms with Gasteiger partial charge in [0, 0.05) is 43.4 Å². The molecule has 1 fully saturated rings.